The SMILES string of the molecule is O=C(NCc1ccccc1Cl)N1CCN(c2nc(CCl)nc3ccc(-c4ccc(F)cc4)nc23)CC1. The van der Waals surface area contributed by atoms with Crippen LogP contribution in [-0.2, 0) is 12.4 Å². The Labute approximate surface area is 217 Å². The molecule has 0 saturated carbocycles. The van der Waals surface area contributed by atoms with Crippen molar-refractivity contribution in [1.82, 2.24) is 25.2 Å². The molecule has 0 radical (unpaired) electrons. The molecule has 1 N–H and O–H groups in total. The van der Waals surface area contributed by atoms with E-state index >= 15 is 0 Å². The number of hydrogen-bond donors (Lipinski definition) is 1. The number of anilines is 1. The van der Waals surface area contributed by atoms with Gasteiger partial charge < -0.3 is 15.1 Å². The number of urea groups is 1. The summed E-state index contributed by atoms with van der Waals surface area (Å²) in [5, 5.41) is 3.57. The topological polar surface area (TPSA) is 74.2 Å². The number of carbonyl (C=O) groups is 1. The zero-order chi connectivity index (χ0) is 25.1. The van der Waals surface area contributed by atoms with E-state index in [2.05, 4.69) is 20.2 Å². The molecule has 5 rings (SSSR count). The zero-order valence-electron chi connectivity index (χ0n) is 19.3. The van der Waals surface area contributed by atoms with E-state index in [1.165, 1.54) is 12.1 Å². The molecule has 0 unspecified atom stereocenters. The minimum absolute atomic E-state index is 0.139. The minimum atomic E-state index is -0.302. The van der Waals surface area contributed by atoms with E-state index in [1.807, 2.05) is 30.3 Å². The van der Waals surface area contributed by atoms with Crippen molar-refractivity contribution < 1.29 is 9.18 Å². The Bertz CT molecular complexity index is 1390. The zero-order valence-corrected chi connectivity index (χ0v) is 20.8. The molecule has 0 spiro atoms. The Morgan fingerprint density at radius 1 is 0.944 bits per heavy atom. The number of nitrogens with one attached hydrogen (secondary N) is 1. The van der Waals surface area contributed by atoms with E-state index in [9.17, 15) is 9.18 Å². The van der Waals surface area contributed by atoms with E-state index in [0.29, 0.717) is 66.1 Å². The van der Waals surface area contributed by atoms with Crippen molar-refractivity contribution in [3.05, 3.63) is 82.9 Å². The Balaban J connectivity index is 1.33. The van der Waals surface area contributed by atoms with Crippen LogP contribution in [0, 0.1) is 5.82 Å². The second kappa shape index (κ2) is 10.6. The predicted octanol–water partition coefficient (Wildman–Crippen LogP) is 5.25. The summed E-state index contributed by atoms with van der Waals surface area (Å²) in [7, 11) is 0. The van der Waals surface area contributed by atoms with Crippen LogP contribution >= 0.6 is 23.2 Å². The third-order valence-corrected chi connectivity index (χ3v) is 6.69. The number of carbonyl (C=O) groups excluding carboxylic acids is 1. The van der Waals surface area contributed by atoms with Crippen molar-refractivity contribution >= 4 is 46.1 Å². The second-order valence-corrected chi connectivity index (χ2v) is 9.07. The molecular formula is C26H23Cl2FN6O. The van der Waals surface area contributed by atoms with E-state index in [4.69, 9.17) is 28.2 Å². The lowest BCUT2D eigenvalue weighted by Crippen LogP contribution is -2.52. The third kappa shape index (κ3) is 5.20. The summed E-state index contributed by atoms with van der Waals surface area (Å²) in [5.41, 5.74) is 3.69. The van der Waals surface area contributed by atoms with E-state index in [0.717, 1.165) is 11.1 Å². The van der Waals surface area contributed by atoms with Gasteiger partial charge in [0.25, 0.3) is 0 Å². The number of rotatable bonds is 5. The smallest absolute Gasteiger partial charge is 0.317 e. The van der Waals surface area contributed by atoms with Gasteiger partial charge in [-0.2, -0.15) is 0 Å². The summed E-state index contributed by atoms with van der Waals surface area (Å²) >= 11 is 12.3. The van der Waals surface area contributed by atoms with Crippen LogP contribution in [-0.4, -0.2) is 52.1 Å². The molecule has 0 aliphatic carbocycles. The average Bonchev–Trinajstić information content (AvgIpc) is 2.92. The number of aromatic nitrogens is 3. The van der Waals surface area contributed by atoms with Gasteiger partial charge in [-0.1, -0.05) is 29.8 Å². The Kier molecular flexibility index (Phi) is 7.16. The van der Waals surface area contributed by atoms with Crippen LogP contribution in [0.2, 0.25) is 5.02 Å². The largest absolute Gasteiger partial charge is 0.351 e. The lowest BCUT2D eigenvalue weighted by molar-refractivity contribution is 0.194. The number of piperazine rings is 1. The van der Waals surface area contributed by atoms with Crippen LogP contribution in [0.3, 0.4) is 0 Å². The van der Waals surface area contributed by atoms with Crippen molar-refractivity contribution in [1.29, 1.82) is 0 Å². The average molecular weight is 525 g/mol. The highest BCUT2D eigenvalue weighted by Crippen LogP contribution is 2.27. The summed E-state index contributed by atoms with van der Waals surface area (Å²) in [5.74, 6) is 1.06. The first kappa shape index (κ1) is 24.2. The van der Waals surface area contributed by atoms with Crippen molar-refractivity contribution in [3.8, 4) is 11.3 Å². The first-order chi connectivity index (χ1) is 17.5. The molecule has 2 amide bonds. The fourth-order valence-electron chi connectivity index (χ4n) is 4.15. The van der Waals surface area contributed by atoms with Crippen LogP contribution in [0.4, 0.5) is 15.0 Å². The molecular weight excluding hydrogens is 502 g/mol. The summed E-state index contributed by atoms with van der Waals surface area (Å²) < 4.78 is 13.4. The standard InChI is InChI=1S/C26H23Cl2FN6O/c27-15-23-31-22-10-9-21(17-5-7-19(29)8-6-17)32-24(22)25(33-23)34-11-13-35(14-12-34)26(36)30-16-18-3-1-2-4-20(18)28/h1-10H,11-16H2,(H,30,36). The third-order valence-electron chi connectivity index (χ3n) is 6.08. The fourth-order valence-corrected chi connectivity index (χ4v) is 4.48. The number of hydrogen-bond acceptors (Lipinski definition) is 5. The number of benzene rings is 2. The molecule has 0 bridgehead atoms. The molecule has 10 heteroatoms. The molecule has 0 atom stereocenters. The van der Waals surface area contributed by atoms with Gasteiger partial charge in [-0.25, -0.2) is 24.1 Å². The monoisotopic (exact) mass is 524 g/mol. The highest BCUT2D eigenvalue weighted by molar-refractivity contribution is 6.31. The van der Waals surface area contributed by atoms with Crippen LogP contribution in [0.1, 0.15) is 11.4 Å². The number of alkyl halides is 1. The molecule has 36 heavy (non-hydrogen) atoms. The van der Waals surface area contributed by atoms with Crippen LogP contribution in [0.5, 0.6) is 0 Å². The van der Waals surface area contributed by atoms with Gasteiger partial charge in [-0.3, -0.25) is 0 Å². The first-order valence-electron chi connectivity index (χ1n) is 11.5. The molecule has 1 aliphatic heterocycles. The fraction of sp³-hybridized carbons (Fsp3) is 0.231. The summed E-state index contributed by atoms with van der Waals surface area (Å²) in [6.45, 7) is 2.57. The predicted molar refractivity (Wildman–Crippen MR) is 140 cm³/mol. The van der Waals surface area contributed by atoms with Gasteiger partial charge >= 0.3 is 6.03 Å². The quantitative estimate of drug-likeness (QED) is 0.360. The number of nitrogens with zero attached hydrogens (tertiary/aromatic N) is 5. The lowest BCUT2D eigenvalue weighted by atomic mass is 10.1. The lowest BCUT2D eigenvalue weighted by Gasteiger charge is -2.35. The van der Waals surface area contributed by atoms with Crippen molar-refractivity contribution in [2.75, 3.05) is 31.1 Å². The van der Waals surface area contributed by atoms with Gasteiger partial charge in [0.2, 0.25) is 0 Å². The second-order valence-electron chi connectivity index (χ2n) is 8.39. The van der Waals surface area contributed by atoms with Gasteiger partial charge in [0.15, 0.2) is 5.82 Å². The van der Waals surface area contributed by atoms with E-state index in [-0.39, 0.29) is 17.7 Å². The number of pyridine rings is 1. The van der Waals surface area contributed by atoms with Gasteiger partial charge in [-0.15, -0.1) is 11.6 Å². The minimum Gasteiger partial charge on any atom is -0.351 e. The van der Waals surface area contributed by atoms with Crippen molar-refractivity contribution in [3.63, 3.8) is 0 Å². The highest BCUT2D eigenvalue weighted by atomic mass is 35.5. The van der Waals surface area contributed by atoms with Crippen LogP contribution in [0.25, 0.3) is 22.3 Å². The van der Waals surface area contributed by atoms with Gasteiger partial charge in [0.05, 0.1) is 17.1 Å². The maximum atomic E-state index is 13.4. The molecule has 1 aliphatic rings. The Morgan fingerprint density at radius 2 is 1.69 bits per heavy atom. The van der Waals surface area contributed by atoms with Crippen molar-refractivity contribution in [2.45, 2.75) is 12.4 Å². The Hall–Kier alpha value is -3.49. The van der Waals surface area contributed by atoms with Gasteiger partial charge in [0, 0.05) is 43.3 Å². The summed E-state index contributed by atoms with van der Waals surface area (Å²) in [4.78, 5) is 30.6. The maximum Gasteiger partial charge on any atom is 0.317 e. The number of fused-ring (bicyclic) bond motifs is 1. The van der Waals surface area contributed by atoms with E-state index < -0.39 is 0 Å². The number of halogens is 3. The molecule has 1 saturated heterocycles. The molecule has 1 fully saturated rings. The van der Waals surface area contributed by atoms with Crippen LogP contribution in [0.15, 0.2) is 60.7 Å². The van der Waals surface area contributed by atoms with Gasteiger partial charge in [0.1, 0.15) is 17.2 Å². The molecule has 2 aromatic carbocycles. The Morgan fingerprint density at radius 3 is 2.42 bits per heavy atom. The normalized spacial score (nSPS) is 13.8. The molecule has 4 aromatic rings. The molecule has 7 nitrogen and oxygen atoms in total. The van der Waals surface area contributed by atoms with E-state index in [1.54, 1.807) is 23.1 Å². The highest BCUT2D eigenvalue weighted by Gasteiger charge is 2.24. The summed E-state index contributed by atoms with van der Waals surface area (Å²) in [6, 6.07) is 17.2. The first-order valence-corrected chi connectivity index (χ1v) is 12.4. The van der Waals surface area contributed by atoms with Crippen molar-refractivity contribution in [2.24, 2.45) is 0 Å². The molecule has 2 aromatic heterocycles. The van der Waals surface area contributed by atoms with Gasteiger partial charge in [-0.05, 0) is 48.0 Å². The number of amides is 2. The molecule has 184 valence electrons. The summed E-state index contributed by atoms with van der Waals surface area (Å²) in [6.07, 6.45) is 0. The molecule has 3 heterocycles. The van der Waals surface area contributed by atoms with Crippen LogP contribution < -0.4 is 10.2 Å². The maximum absolute atomic E-state index is 13.4.